The number of hydrogen-bond donors (Lipinski definition) is 2. The van der Waals surface area contributed by atoms with Crippen LogP contribution in [0.4, 0.5) is 5.69 Å². The van der Waals surface area contributed by atoms with Gasteiger partial charge in [0.2, 0.25) is 0 Å². The molecule has 0 saturated carbocycles. The number of rotatable bonds is 6. The minimum Gasteiger partial charge on any atom is -0.367 e. The number of benzene rings is 1. The van der Waals surface area contributed by atoms with Crippen molar-refractivity contribution in [2.45, 2.75) is 24.9 Å². The van der Waals surface area contributed by atoms with Crippen molar-refractivity contribution in [3.05, 3.63) is 47.2 Å². The summed E-state index contributed by atoms with van der Waals surface area (Å²) >= 11 is 6.04. The summed E-state index contributed by atoms with van der Waals surface area (Å²) in [5.41, 5.74) is 2.40. The molecule has 1 saturated heterocycles. The maximum absolute atomic E-state index is 6.04. The van der Waals surface area contributed by atoms with E-state index in [1.807, 2.05) is 37.1 Å². The Morgan fingerprint density at radius 3 is 2.72 bits per heavy atom. The number of aromatic nitrogens is 2. The fourth-order valence-electron chi connectivity index (χ4n) is 3.77. The van der Waals surface area contributed by atoms with E-state index in [2.05, 4.69) is 62.9 Å². The molecule has 0 bridgehead atoms. The molecule has 0 radical (unpaired) electrons. The van der Waals surface area contributed by atoms with Crippen LogP contribution in [0.25, 0.3) is 0 Å². The summed E-state index contributed by atoms with van der Waals surface area (Å²) in [4.78, 5) is 9.03. The fraction of sp³-hybridized carbons (Fsp3) is 0.524. The van der Waals surface area contributed by atoms with Crippen molar-refractivity contribution in [1.29, 1.82) is 0 Å². The molecule has 2 heterocycles. The lowest BCUT2D eigenvalue weighted by Crippen LogP contribution is -2.52. The molecule has 1 aliphatic heterocycles. The molecule has 0 spiro atoms. The number of aryl methyl sites for hydroxylation is 1. The van der Waals surface area contributed by atoms with E-state index in [-0.39, 0.29) is 6.04 Å². The molecule has 2 aromatic rings. The predicted molar refractivity (Wildman–Crippen MR) is 121 cm³/mol. The highest BCUT2D eigenvalue weighted by Gasteiger charge is 2.22. The van der Waals surface area contributed by atoms with E-state index in [9.17, 15) is 0 Å². The first-order chi connectivity index (χ1) is 14.0. The van der Waals surface area contributed by atoms with E-state index in [0.29, 0.717) is 6.04 Å². The van der Waals surface area contributed by atoms with Gasteiger partial charge in [0.15, 0.2) is 5.96 Å². The van der Waals surface area contributed by atoms with Crippen LogP contribution < -0.4 is 15.5 Å². The first-order valence-corrected chi connectivity index (χ1v) is 10.5. The van der Waals surface area contributed by atoms with E-state index in [1.54, 1.807) is 0 Å². The Kier molecular flexibility index (Phi) is 7.39. The molecule has 8 heteroatoms. The van der Waals surface area contributed by atoms with Crippen molar-refractivity contribution in [2.24, 2.45) is 12.0 Å². The second-order valence-corrected chi connectivity index (χ2v) is 8.22. The fourth-order valence-corrected chi connectivity index (χ4v) is 3.89. The molecule has 1 aliphatic rings. The van der Waals surface area contributed by atoms with Crippen molar-refractivity contribution in [2.75, 3.05) is 45.7 Å². The van der Waals surface area contributed by atoms with Gasteiger partial charge in [-0.05, 0) is 44.6 Å². The zero-order valence-corrected chi connectivity index (χ0v) is 18.5. The van der Waals surface area contributed by atoms with Gasteiger partial charge in [-0.15, -0.1) is 0 Å². The number of halogens is 1. The summed E-state index contributed by atoms with van der Waals surface area (Å²) in [5, 5.41) is 12.2. The molecule has 2 unspecified atom stereocenters. The Labute approximate surface area is 178 Å². The molecule has 1 aromatic heterocycles. The summed E-state index contributed by atoms with van der Waals surface area (Å²) in [6, 6.07) is 8.62. The van der Waals surface area contributed by atoms with Gasteiger partial charge in [0, 0.05) is 51.0 Å². The lowest BCUT2D eigenvalue weighted by Gasteiger charge is -2.35. The van der Waals surface area contributed by atoms with Crippen LogP contribution >= 0.6 is 11.6 Å². The smallest absolute Gasteiger partial charge is 0.191 e. The molecule has 2 atom stereocenters. The lowest BCUT2D eigenvalue weighted by molar-refractivity contribution is 0.297. The van der Waals surface area contributed by atoms with Gasteiger partial charge in [0.25, 0.3) is 0 Å². The Morgan fingerprint density at radius 2 is 2.10 bits per heavy atom. The monoisotopic (exact) mass is 417 g/mol. The normalized spacial score (nSPS) is 18.8. The highest BCUT2D eigenvalue weighted by atomic mass is 35.5. The minimum absolute atomic E-state index is 0.226. The molecule has 29 heavy (non-hydrogen) atoms. The average Bonchev–Trinajstić information content (AvgIpc) is 3.15. The van der Waals surface area contributed by atoms with Gasteiger partial charge in [0.05, 0.1) is 17.9 Å². The number of anilines is 1. The summed E-state index contributed by atoms with van der Waals surface area (Å²) in [6.07, 6.45) is 6.28. The maximum atomic E-state index is 6.04. The van der Waals surface area contributed by atoms with E-state index in [4.69, 9.17) is 11.6 Å². The summed E-state index contributed by atoms with van der Waals surface area (Å²) in [7, 11) is 7.95. The van der Waals surface area contributed by atoms with Gasteiger partial charge in [-0.3, -0.25) is 9.67 Å². The summed E-state index contributed by atoms with van der Waals surface area (Å²) in [5.74, 6) is 0.837. The largest absolute Gasteiger partial charge is 0.367 e. The van der Waals surface area contributed by atoms with E-state index in [0.717, 1.165) is 43.5 Å². The van der Waals surface area contributed by atoms with Crippen LogP contribution in [0.3, 0.4) is 0 Å². The summed E-state index contributed by atoms with van der Waals surface area (Å²) in [6.45, 7) is 2.77. The zero-order valence-electron chi connectivity index (χ0n) is 17.8. The van der Waals surface area contributed by atoms with Gasteiger partial charge < -0.3 is 20.4 Å². The van der Waals surface area contributed by atoms with Crippen LogP contribution in [-0.4, -0.2) is 67.5 Å². The van der Waals surface area contributed by atoms with Gasteiger partial charge in [0.1, 0.15) is 0 Å². The maximum Gasteiger partial charge on any atom is 0.191 e. The van der Waals surface area contributed by atoms with Crippen molar-refractivity contribution in [3.8, 4) is 0 Å². The van der Waals surface area contributed by atoms with E-state index >= 15 is 0 Å². The lowest BCUT2D eigenvalue weighted by atomic mass is 10.1. The van der Waals surface area contributed by atoms with Crippen molar-refractivity contribution >= 4 is 23.2 Å². The number of aliphatic imine (C=N–C) groups is 1. The first kappa shape index (κ1) is 21.5. The van der Waals surface area contributed by atoms with Crippen LogP contribution in [-0.2, 0) is 7.05 Å². The van der Waals surface area contributed by atoms with Crippen molar-refractivity contribution in [3.63, 3.8) is 0 Å². The van der Waals surface area contributed by atoms with E-state index in [1.165, 1.54) is 11.3 Å². The Morgan fingerprint density at radius 1 is 1.34 bits per heavy atom. The zero-order chi connectivity index (χ0) is 20.8. The third-order valence-electron chi connectivity index (χ3n) is 5.38. The molecule has 7 nitrogen and oxygen atoms in total. The van der Waals surface area contributed by atoms with Gasteiger partial charge >= 0.3 is 0 Å². The number of hydrogen-bond acceptors (Lipinski definition) is 4. The SMILES string of the molecule is CN=C(NCC(c1ccc(Cl)cc1)N(C)C)NC1CCCN(c2cnn(C)c2)C1. The number of piperidine rings is 1. The van der Waals surface area contributed by atoms with Crippen molar-refractivity contribution < 1.29 is 0 Å². The minimum atomic E-state index is 0.226. The highest BCUT2D eigenvalue weighted by Crippen LogP contribution is 2.21. The predicted octanol–water partition coefficient (Wildman–Crippen LogP) is 2.51. The Hall–Kier alpha value is -2.25. The third kappa shape index (κ3) is 5.87. The number of guanidine groups is 1. The topological polar surface area (TPSA) is 60.7 Å². The number of nitrogens with zero attached hydrogens (tertiary/aromatic N) is 5. The number of likely N-dealkylation sites (N-methyl/N-ethyl adjacent to an activating group) is 1. The van der Waals surface area contributed by atoms with Crippen LogP contribution in [0.15, 0.2) is 41.7 Å². The summed E-state index contributed by atoms with van der Waals surface area (Å²) < 4.78 is 1.85. The molecule has 0 amide bonds. The molecule has 158 valence electrons. The van der Waals surface area contributed by atoms with Gasteiger partial charge in [-0.25, -0.2) is 0 Å². The number of nitrogens with one attached hydrogen (secondary N) is 2. The van der Waals surface area contributed by atoms with Crippen LogP contribution in [0.5, 0.6) is 0 Å². The second-order valence-electron chi connectivity index (χ2n) is 7.79. The van der Waals surface area contributed by atoms with Gasteiger partial charge in [-0.1, -0.05) is 23.7 Å². The molecular formula is C21H32ClN7. The first-order valence-electron chi connectivity index (χ1n) is 10.1. The van der Waals surface area contributed by atoms with Crippen molar-refractivity contribution in [1.82, 2.24) is 25.3 Å². The third-order valence-corrected chi connectivity index (χ3v) is 5.64. The van der Waals surface area contributed by atoms with Crippen LogP contribution in [0.2, 0.25) is 5.02 Å². The second kappa shape index (κ2) is 9.98. The molecule has 3 rings (SSSR count). The average molecular weight is 418 g/mol. The standard InChI is InChI=1S/C21H32ClN7/c1-23-21(24-13-20(27(2)3)16-7-9-17(22)10-8-16)26-18-6-5-11-29(14-18)19-12-25-28(4)15-19/h7-10,12,15,18,20H,5-6,11,13-14H2,1-4H3,(H2,23,24,26). The van der Waals surface area contributed by atoms with Gasteiger partial charge in [-0.2, -0.15) is 5.10 Å². The highest BCUT2D eigenvalue weighted by molar-refractivity contribution is 6.30. The van der Waals surface area contributed by atoms with Crippen LogP contribution in [0, 0.1) is 0 Å². The van der Waals surface area contributed by atoms with Crippen LogP contribution in [0.1, 0.15) is 24.4 Å². The molecular weight excluding hydrogens is 386 g/mol. The quantitative estimate of drug-likeness (QED) is 0.558. The Balaban J connectivity index is 1.57. The molecule has 1 fully saturated rings. The molecule has 0 aliphatic carbocycles. The van der Waals surface area contributed by atoms with E-state index < -0.39 is 0 Å². The Bertz CT molecular complexity index is 800. The molecule has 1 aromatic carbocycles. The molecule has 2 N–H and O–H groups in total.